The van der Waals surface area contributed by atoms with E-state index in [0.717, 1.165) is 29.5 Å². The third kappa shape index (κ3) is 1.54. The molecule has 2 amide bonds. The number of allylic oxidation sites excluding steroid dienone is 2. The Hall–Kier alpha value is -2.57. The molecular weight excluding hydrogens is 315 g/mol. The fourth-order valence-electron chi connectivity index (χ4n) is 5.03. The van der Waals surface area contributed by atoms with Crippen molar-refractivity contribution in [2.24, 2.45) is 35.5 Å². The summed E-state index contributed by atoms with van der Waals surface area (Å²) in [6.07, 6.45) is 5.12. The number of hydrogen-bond donors (Lipinski definition) is 0. The molecule has 1 heterocycles. The minimum atomic E-state index is -0.773. The van der Waals surface area contributed by atoms with Crippen molar-refractivity contribution in [3.8, 4) is 0 Å². The zero-order valence-corrected chi connectivity index (χ0v) is 12.5. The average molecular weight is 328 g/mol. The lowest BCUT2D eigenvalue weighted by molar-refractivity contribution is -0.384. The molecule has 6 rings (SSSR count). The third-order valence-corrected chi connectivity index (χ3v) is 6.04. The minimum absolute atomic E-state index is 0.0472. The summed E-state index contributed by atoms with van der Waals surface area (Å²) in [5, 5.41) is 11.2. The van der Waals surface area contributed by atoms with Crippen LogP contribution in [0.15, 0.2) is 30.4 Å². The molecule has 0 aromatic heterocycles. The SMILES string of the molecule is O=C1[C@@H]2[C@H]3C=C[C@@H]([C@@H]4C[C@H]34)[C@@H]2C(=O)N1c1ccc(F)cc1[N+](=O)[O-]. The molecule has 0 radical (unpaired) electrons. The highest BCUT2D eigenvalue weighted by Gasteiger charge is 2.67. The number of nitrogens with zero attached hydrogens (tertiary/aromatic N) is 2. The smallest absolute Gasteiger partial charge is 0.274 e. The van der Waals surface area contributed by atoms with Crippen LogP contribution in [0.5, 0.6) is 0 Å². The molecule has 0 unspecified atom stereocenters. The highest BCUT2D eigenvalue weighted by Crippen LogP contribution is 2.65. The molecule has 2 saturated carbocycles. The van der Waals surface area contributed by atoms with Crippen molar-refractivity contribution in [2.75, 3.05) is 4.90 Å². The number of rotatable bonds is 2. The number of nitro groups is 1. The molecule has 0 spiro atoms. The molecule has 3 fully saturated rings. The first-order valence-electron chi connectivity index (χ1n) is 7.99. The summed E-state index contributed by atoms with van der Waals surface area (Å²) >= 11 is 0. The molecule has 24 heavy (non-hydrogen) atoms. The average Bonchev–Trinajstić information content (AvgIpc) is 3.33. The molecule has 1 aliphatic heterocycles. The summed E-state index contributed by atoms with van der Waals surface area (Å²) in [6, 6.07) is 2.94. The van der Waals surface area contributed by atoms with Crippen LogP contribution in [0.4, 0.5) is 15.8 Å². The van der Waals surface area contributed by atoms with Gasteiger partial charge in [0, 0.05) is 0 Å². The maximum Gasteiger partial charge on any atom is 0.296 e. The van der Waals surface area contributed by atoms with Gasteiger partial charge in [-0.05, 0) is 42.2 Å². The maximum atomic E-state index is 13.4. The summed E-state index contributed by atoms with van der Waals surface area (Å²) < 4.78 is 13.4. The van der Waals surface area contributed by atoms with Gasteiger partial charge in [-0.2, -0.15) is 0 Å². The van der Waals surface area contributed by atoms with E-state index < -0.39 is 28.3 Å². The summed E-state index contributed by atoms with van der Waals surface area (Å²) in [4.78, 5) is 37.2. The first-order valence-corrected chi connectivity index (χ1v) is 7.99. The molecule has 122 valence electrons. The maximum absolute atomic E-state index is 13.4. The van der Waals surface area contributed by atoms with Crippen molar-refractivity contribution in [3.05, 3.63) is 46.3 Å². The third-order valence-electron chi connectivity index (χ3n) is 6.04. The van der Waals surface area contributed by atoms with Crippen LogP contribution in [0.25, 0.3) is 0 Å². The van der Waals surface area contributed by atoms with Crippen LogP contribution >= 0.6 is 0 Å². The molecule has 1 aromatic carbocycles. The number of nitro benzene ring substituents is 1. The number of carbonyl (C=O) groups is 2. The van der Waals surface area contributed by atoms with Crippen LogP contribution in [-0.4, -0.2) is 16.7 Å². The minimum Gasteiger partial charge on any atom is -0.274 e. The zero-order valence-electron chi connectivity index (χ0n) is 12.5. The number of hydrogen-bond acceptors (Lipinski definition) is 4. The van der Waals surface area contributed by atoms with Gasteiger partial charge in [0.25, 0.3) is 5.69 Å². The lowest BCUT2D eigenvalue weighted by atomic mass is 9.63. The Morgan fingerprint density at radius 1 is 1.08 bits per heavy atom. The Bertz CT molecular complexity index is 815. The molecule has 4 aliphatic carbocycles. The molecule has 1 aromatic rings. The zero-order chi connectivity index (χ0) is 16.7. The second-order valence-electron chi connectivity index (χ2n) is 7.06. The summed E-state index contributed by atoms with van der Waals surface area (Å²) in [5.41, 5.74) is -0.681. The van der Waals surface area contributed by atoms with Gasteiger partial charge in [0.05, 0.1) is 22.8 Å². The van der Waals surface area contributed by atoms with Gasteiger partial charge in [-0.1, -0.05) is 12.2 Å². The van der Waals surface area contributed by atoms with Crippen LogP contribution in [0.1, 0.15) is 6.42 Å². The molecule has 1 saturated heterocycles. The first kappa shape index (κ1) is 13.8. The number of carbonyl (C=O) groups excluding carboxylic acids is 2. The lowest BCUT2D eigenvalue weighted by Crippen LogP contribution is -2.40. The molecule has 6 atom stereocenters. The number of halogens is 1. The monoisotopic (exact) mass is 328 g/mol. The van der Waals surface area contributed by atoms with E-state index >= 15 is 0 Å². The van der Waals surface area contributed by atoms with Crippen molar-refractivity contribution in [1.82, 2.24) is 0 Å². The molecular formula is C17H13FN2O4. The Kier molecular flexibility index (Phi) is 2.47. The van der Waals surface area contributed by atoms with Crippen molar-refractivity contribution >= 4 is 23.2 Å². The topological polar surface area (TPSA) is 80.5 Å². The van der Waals surface area contributed by atoms with Crippen molar-refractivity contribution in [3.63, 3.8) is 0 Å². The van der Waals surface area contributed by atoms with E-state index in [-0.39, 0.29) is 29.3 Å². The van der Waals surface area contributed by atoms with Crippen LogP contribution < -0.4 is 4.90 Å². The molecule has 2 bridgehead atoms. The van der Waals surface area contributed by atoms with Gasteiger partial charge in [0.2, 0.25) is 11.8 Å². The van der Waals surface area contributed by atoms with Gasteiger partial charge in [-0.15, -0.1) is 0 Å². The highest BCUT2D eigenvalue weighted by atomic mass is 19.1. The van der Waals surface area contributed by atoms with Gasteiger partial charge in [-0.25, -0.2) is 9.29 Å². The molecule has 6 nitrogen and oxygen atoms in total. The van der Waals surface area contributed by atoms with Crippen molar-refractivity contribution in [2.45, 2.75) is 6.42 Å². The summed E-state index contributed by atoms with van der Waals surface area (Å²) in [6.45, 7) is 0. The van der Waals surface area contributed by atoms with E-state index in [1.807, 2.05) is 12.2 Å². The Morgan fingerprint density at radius 3 is 2.21 bits per heavy atom. The van der Waals surface area contributed by atoms with Gasteiger partial charge >= 0.3 is 0 Å². The van der Waals surface area contributed by atoms with Gasteiger partial charge in [0.15, 0.2) is 0 Å². The first-order chi connectivity index (χ1) is 11.5. The fourth-order valence-corrected chi connectivity index (χ4v) is 5.03. The summed E-state index contributed by atoms with van der Waals surface area (Å²) in [5.74, 6) is -1.39. The van der Waals surface area contributed by atoms with Gasteiger partial charge in [0.1, 0.15) is 11.5 Å². The van der Waals surface area contributed by atoms with Crippen LogP contribution in [0.3, 0.4) is 0 Å². The highest BCUT2D eigenvalue weighted by molar-refractivity contribution is 6.23. The number of anilines is 1. The standard InChI is InChI=1S/C17H13FN2O4/c18-7-1-4-12(13(5-7)20(23)24)19-16(21)14-8-2-3-9(11-6-10(8)11)15(14)17(19)22/h1-5,8-11,14-15H,6H2/t8-,9-,10-,11+,14-,15+/m0/s1. The normalized spacial score (nSPS) is 38.3. The molecule has 7 heteroatoms. The van der Waals surface area contributed by atoms with E-state index in [9.17, 15) is 24.1 Å². The van der Waals surface area contributed by atoms with E-state index in [1.165, 1.54) is 0 Å². The van der Waals surface area contributed by atoms with E-state index in [2.05, 4.69) is 0 Å². The number of amides is 2. The predicted molar refractivity (Wildman–Crippen MR) is 80.2 cm³/mol. The van der Waals surface area contributed by atoms with Crippen LogP contribution in [0, 0.1) is 51.4 Å². The Morgan fingerprint density at radius 2 is 1.67 bits per heavy atom. The fraction of sp³-hybridized carbons (Fsp3) is 0.412. The van der Waals surface area contributed by atoms with Gasteiger partial charge in [-0.3, -0.25) is 19.7 Å². The predicted octanol–water partition coefficient (Wildman–Crippen LogP) is 2.29. The Labute approximate surface area is 136 Å². The largest absolute Gasteiger partial charge is 0.296 e. The lowest BCUT2D eigenvalue weighted by Gasteiger charge is -2.37. The van der Waals surface area contributed by atoms with E-state index in [0.29, 0.717) is 11.8 Å². The molecule has 5 aliphatic rings. The van der Waals surface area contributed by atoms with E-state index in [4.69, 9.17) is 0 Å². The molecule has 0 N–H and O–H groups in total. The number of benzene rings is 1. The van der Waals surface area contributed by atoms with Crippen LogP contribution in [0.2, 0.25) is 0 Å². The number of imide groups is 1. The Balaban J connectivity index is 1.61. The van der Waals surface area contributed by atoms with E-state index in [1.54, 1.807) is 0 Å². The second-order valence-corrected chi connectivity index (χ2v) is 7.06. The van der Waals surface area contributed by atoms with Crippen molar-refractivity contribution < 1.29 is 18.9 Å². The second kappa shape index (κ2) is 4.28. The summed E-state index contributed by atoms with van der Waals surface area (Å²) in [7, 11) is 0. The van der Waals surface area contributed by atoms with Gasteiger partial charge < -0.3 is 0 Å². The van der Waals surface area contributed by atoms with Crippen molar-refractivity contribution in [1.29, 1.82) is 0 Å². The quantitative estimate of drug-likeness (QED) is 0.361. The van der Waals surface area contributed by atoms with Crippen LogP contribution in [-0.2, 0) is 9.59 Å².